The molecule has 0 bridgehead atoms. The summed E-state index contributed by atoms with van der Waals surface area (Å²) >= 11 is 6.06. The minimum absolute atomic E-state index is 0.135. The molecule has 0 atom stereocenters. The number of benzene rings is 2. The Morgan fingerprint density at radius 2 is 1.59 bits per heavy atom. The van der Waals surface area contributed by atoms with E-state index in [4.69, 9.17) is 16.6 Å². The molecular formula is C25H32ClN5O2S. The molecule has 34 heavy (non-hydrogen) atoms. The molecule has 4 rings (SSSR count). The Kier molecular flexibility index (Phi) is 7.91. The van der Waals surface area contributed by atoms with Gasteiger partial charge in [0.2, 0.25) is 16.0 Å². The summed E-state index contributed by atoms with van der Waals surface area (Å²) in [5.41, 5.74) is 0.915. The molecule has 0 unspecified atom stereocenters. The molecule has 1 saturated carbocycles. The maximum Gasteiger partial charge on any atom is 0.242 e. The zero-order valence-electron chi connectivity index (χ0n) is 19.6. The van der Waals surface area contributed by atoms with Gasteiger partial charge in [-0.1, -0.05) is 35.9 Å². The van der Waals surface area contributed by atoms with E-state index in [2.05, 4.69) is 34.2 Å². The van der Waals surface area contributed by atoms with Crippen LogP contribution in [0.1, 0.15) is 39.5 Å². The highest BCUT2D eigenvalue weighted by Crippen LogP contribution is 2.30. The highest BCUT2D eigenvalue weighted by atomic mass is 35.5. The van der Waals surface area contributed by atoms with E-state index < -0.39 is 10.0 Å². The van der Waals surface area contributed by atoms with Gasteiger partial charge in [0.25, 0.3) is 0 Å². The Hall–Kier alpha value is -2.42. The number of anilines is 2. The second kappa shape index (κ2) is 10.9. The van der Waals surface area contributed by atoms with Crippen LogP contribution in [0.15, 0.2) is 53.4 Å². The molecule has 7 nitrogen and oxygen atoms in total. The Morgan fingerprint density at radius 3 is 2.29 bits per heavy atom. The smallest absolute Gasteiger partial charge is 0.242 e. The first kappa shape index (κ1) is 24.7. The second-order valence-corrected chi connectivity index (χ2v) is 11.4. The molecule has 0 aliphatic heterocycles. The number of para-hydroxylation sites is 1. The number of nitrogens with zero attached hydrogens (tertiary/aromatic N) is 2. The van der Waals surface area contributed by atoms with Crippen molar-refractivity contribution in [2.75, 3.05) is 23.7 Å². The summed E-state index contributed by atoms with van der Waals surface area (Å²) in [6, 6.07) is 14.8. The second-order valence-electron chi connectivity index (χ2n) is 9.26. The van der Waals surface area contributed by atoms with Crippen molar-refractivity contribution in [2.45, 2.75) is 50.5 Å². The van der Waals surface area contributed by atoms with Gasteiger partial charge in [0.05, 0.1) is 10.5 Å². The highest BCUT2D eigenvalue weighted by molar-refractivity contribution is 7.89. The summed E-state index contributed by atoms with van der Waals surface area (Å²) in [7, 11) is -3.60. The van der Waals surface area contributed by atoms with Gasteiger partial charge in [-0.2, -0.15) is 4.98 Å². The van der Waals surface area contributed by atoms with E-state index in [1.807, 2.05) is 24.3 Å². The van der Waals surface area contributed by atoms with Crippen LogP contribution in [0.2, 0.25) is 5.02 Å². The van der Waals surface area contributed by atoms with Gasteiger partial charge in [-0.25, -0.2) is 18.1 Å². The lowest BCUT2D eigenvalue weighted by molar-refractivity contribution is 0.284. The molecule has 182 valence electrons. The van der Waals surface area contributed by atoms with Crippen LogP contribution in [0.4, 0.5) is 11.8 Å². The van der Waals surface area contributed by atoms with Crippen molar-refractivity contribution in [1.82, 2.24) is 14.7 Å². The lowest BCUT2D eigenvalue weighted by atomic mass is 9.82. The number of nitrogens with one attached hydrogen (secondary N) is 3. The van der Waals surface area contributed by atoms with Crippen molar-refractivity contribution in [3.8, 4) is 0 Å². The summed E-state index contributed by atoms with van der Waals surface area (Å²) in [6.07, 6.45) is 4.04. The monoisotopic (exact) mass is 501 g/mol. The quantitative estimate of drug-likeness (QED) is 0.368. The summed E-state index contributed by atoms with van der Waals surface area (Å²) in [5.74, 6) is 2.31. The summed E-state index contributed by atoms with van der Waals surface area (Å²) in [6.45, 7) is 5.43. The van der Waals surface area contributed by atoms with E-state index in [-0.39, 0.29) is 16.0 Å². The van der Waals surface area contributed by atoms with Gasteiger partial charge in [-0.3, -0.25) is 0 Å². The van der Waals surface area contributed by atoms with Gasteiger partial charge >= 0.3 is 0 Å². The van der Waals surface area contributed by atoms with Crippen LogP contribution < -0.4 is 15.4 Å². The molecule has 3 aromatic rings. The Morgan fingerprint density at radius 1 is 0.941 bits per heavy atom. The SMILES string of the molecule is CC(C)Nc1nc(NC[C@H]2CC[C@H](CNS(=O)(=O)c3ccccc3Cl)CC2)nc2ccccc12. The molecule has 3 N–H and O–H groups in total. The topological polar surface area (TPSA) is 96.0 Å². The van der Waals surface area contributed by atoms with Crippen LogP contribution in [0, 0.1) is 11.8 Å². The summed E-state index contributed by atoms with van der Waals surface area (Å²) in [4.78, 5) is 9.53. The van der Waals surface area contributed by atoms with Gasteiger partial charge in [-0.05, 0) is 75.6 Å². The highest BCUT2D eigenvalue weighted by Gasteiger charge is 2.24. The minimum atomic E-state index is -3.60. The molecule has 9 heteroatoms. The first-order valence-electron chi connectivity index (χ1n) is 11.8. The van der Waals surface area contributed by atoms with Crippen LogP contribution in [0.5, 0.6) is 0 Å². The molecular weight excluding hydrogens is 470 g/mol. The van der Waals surface area contributed by atoms with Gasteiger partial charge in [-0.15, -0.1) is 0 Å². The van der Waals surface area contributed by atoms with E-state index >= 15 is 0 Å². The molecule has 0 spiro atoms. The fourth-order valence-electron chi connectivity index (χ4n) is 4.38. The molecule has 1 fully saturated rings. The number of aromatic nitrogens is 2. The van der Waals surface area contributed by atoms with E-state index in [1.165, 1.54) is 6.07 Å². The zero-order valence-corrected chi connectivity index (χ0v) is 21.2. The molecule has 1 aliphatic carbocycles. The molecule has 0 saturated heterocycles. The summed E-state index contributed by atoms with van der Waals surface area (Å²) in [5, 5.41) is 8.11. The number of rotatable bonds is 9. The van der Waals surface area contributed by atoms with Gasteiger partial charge in [0.15, 0.2) is 0 Å². The average molecular weight is 502 g/mol. The van der Waals surface area contributed by atoms with E-state index in [0.717, 1.165) is 48.9 Å². The number of halogens is 1. The van der Waals surface area contributed by atoms with Crippen LogP contribution in [-0.4, -0.2) is 37.5 Å². The van der Waals surface area contributed by atoms with E-state index in [0.29, 0.717) is 24.3 Å². The molecule has 1 heterocycles. The maximum atomic E-state index is 12.6. The Labute approximate surface area is 206 Å². The predicted octanol–water partition coefficient (Wildman–Crippen LogP) is 5.30. The van der Waals surface area contributed by atoms with Crippen molar-refractivity contribution < 1.29 is 8.42 Å². The first-order chi connectivity index (χ1) is 16.3. The standard InChI is InChI=1S/C25H32ClN5O2S/c1-17(2)29-24-20-7-3-5-9-22(20)30-25(31-24)27-15-18-11-13-19(14-12-18)16-28-34(32,33)23-10-6-4-8-21(23)26/h3-10,17-19,28H,11-16H2,1-2H3,(H2,27,29,30,31)/t18-,19-. The lowest BCUT2D eigenvalue weighted by Gasteiger charge is -2.28. The summed E-state index contributed by atoms with van der Waals surface area (Å²) < 4.78 is 27.9. The molecule has 1 aromatic heterocycles. The molecule has 0 amide bonds. The van der Waals surface area contributed by atoms with Crippen molar-refractivity contribution in [3.63, 3.8) is 0 Å². The van der Waals surface area contributed by atoms with Crippen molar-refractivity contribution in [1.29, 1.82) is 0 Å². The minimum Gasteiger partial charge on any atom is -0.367 e. The van der Waals surface area contributed by atoms with Crippen LogP contribution in [-0.2, 0) is 10.0 Å². The van der Waals surface area contributed by atoms with E-state index in [9.17, 15) is 8.42 Å². The number of sulfonamides is 1. The lowest BCUT2D eigenvalue weighted by Crippen LogP contribution is -2.32. The fourth-order valence-corrected chi connectivity index (χ4v) is 6.02. The number of fused-ring (bicyclic) bond motifs is 1. The first-order valence-corrected chi connectivity index (χ1v) is 13.7. The Balaban J connectivity index is 1.29. The van der Waals surface area contributed by atoms with Crippen molar-refractivity contribution in [3.05, 3.63) is 53.6 Å². The molecule has 2 aromatic carbocycles. The van der Waals surface area contributed by atoms with Crippen molar-refractivity contribution >= 4 is 44.3 Å². The largest absolute Gasteiger partial charge is 0.367 e. The van der Waals surface area contributed by atoms with E-state index in [1.54, 1.807) is 18.2 Å². The third-order valence-electron chi connectivity index (χ3n) is 6.23. The number of hydrogen-bond donors (Lipinski definition) is 3. The molecule has 1 aliphatic rings. The van der Waals surface area contributed by atoms with Gasteiger partial charge in [0, 0.05) is 24.5 Å². The van der Waals surface area contributed by atoms with Crippen molar-refractivity contribution in [2.24, 2.45) is 11.8 Å². The maximum absolute atomic E-state index is 12.6. The van der Waals surface area contributed by atoms with Crippen LogP contribution >= 0.6 is 11.6 Å². The van der Waals surface area contributed by atoms with Crippen LogP contribution in [0.25, 0.3) is 10.9 Å². The third-order valence-corrected chi connectivity index (χ3v) is 8.16. The van der Waals surface area contributed by atoms with Gasteiger partial charge in [0.1, 0.15) is 10.7 Å². The zero-order chi connectivity index (χ0) is 24.1. The van der Waals surface area contributed by atoms with Crippen LogP contribution in [0.3, 0.4) is 0 Å². The Bertz CT molecular complexity index is 1230. The normalized spacial score (nSPS) is 18.8. The number of hydrogen-bond acceptors (Lipinski definition) is 6. The fraction of sp³-hybridized carbons (Fsp3) is 0.440. The predicted molar refractivity (Wildman–Crippen MR) is 139 cm³/mol. The molecule has 0 radical (unpaired) electrons. The third kappa shape index (κ3) is 6.17. The van der Waals surface area contributed by atoms with Gasteiger partial charge < -0.3 is 10.6 Å². The average Bonchev–Trinajstić information content (AvgIpc) is 2.82.